The second-order valence-electron chi connectivity index (χ2n) is 7.11. The van der Waals surface area contributed by atoms with Crippen LogP contribution in [0.25, 0.3) is 22.0 Å². The number of aromatic nitrogens is 3. The van der Waals surface area contributed by atoms with Crippen molar-refractivity contribution in [3.8, 4) is 11.1 Å². The Hall–Kier alpha value is -3.54. The number of hydrogen-bond donors (Lipinski definition) is 0. The van der Waals surface area contributed by atoms with E-state index in [0.717, 1.165) is 39.7 Å². The second kappa shape index (κ2) is 7.83. The van der Waals surface area contributed by atoms with Gasteiger partial charge in [0.15, 0.2) is 0 Å². The van der Waals surface area contributed by atoms with Crippen molar-refractivity contribution in [1.82, 2.24) is 19.7 Å². The van der Waals surface area contributed by atoms with Gasteiger partial charge in [0.25, 0.3) is 0 Å². The number of hydrogen-bond acceptors (Lipinski definition) is 3. The minimum atomic E-state index is -0.331. The van der Waals surface area contributed by atoms with E-state index in [0.29, 0.717) is 12.1 Å². The van der Waals surface area contributed by atoms with Crippen LogP contribution >= 0.6 is 0 Å². The highest BCUT2D eigenvalue weighted by atomic mass is 19.1. The molecule has 0 radical (unpaired) electrons. The van der Waals surface area contributed by atoms with E-state index in [2.05, 4.69) is 10.1 Å². The molecule has 6 heteroatoms. The predicted molar refractivity (Wildman–Crippen MR) is 110 cm³/mol. The molecule has 2 aromatic carbocycles. The van der Waals surface area contributed by atoms with Crippen LogP contribution in [0.2, 0.25) is 0 Å². The summed E-state index contributed by atoms with van der Waals surface area (Å²) in [5.74, 6) is -0.331. The fourth-order valence-electron chi connectivity index (χ4n) is 3.43. The molecule has 0 saturated heterocycles. The van der Waals surface area contributed by atoms with Crippen molar-refractivity contribution in [2.45, 2.75) is 20.0 Å². The quantitative estimate of drug-likeness (QED) is 0.464. The molecule has 0 bridgehead atoms. The first-order valence-corrected chi connectivity index (χ1v) is 9.35. The van der Waals surface area contributed by atoms with Crippen molar-refractivity contribution in [3.63, 3.8) is 0 Å². The summed E-state index contributed by atoms with van der Waals surface area (Å²) in [5.41, 5.74) is 4.98. The van der Waals surface area contributed by atoms with Gasteiger partial charge in [-0.1, -0.05) is 30.3 Å². The molecule has 5 nitrogen and oxygen atoms in total. The Morgan fingerprint density at radius 3 is 2.59 bits per heavy atom. The molecule has 4 aromatic rings. The minimum Gasteiger partial charge on any atom is -0.336 e. The SMILES string of the molecule is Cc1ncccc1CN(C=O)Cc1ccc(-c2ccc3cnn(C)c3c2)cc1F. The predicted octanol–water partition coefficient (Wildman–Crippen LogP) is 4.24. The highest BCUT2D eigenvalue weighted by Crippen LogP contribution is 2.26. The molecule has 0 saturated carbocycles. The maximum Gasteiger partial charge on any atom is 0.210 e. The van der Waals surface area contributed by atoms with Crippen LogP contribution in [0.5, 0.6) is 0 Å². The van der Waals surface area contributed by atoms with Gasteiger partial charge in [-0.05, 0) is 41.8 Å². The number of rotatable bonds is 6. The van der Waals surface area contributed by atoms with Crippen molar-refractivity contribution in [2.75, 3.05) is 0 Å². The lowest BCUT2D eigenvalue weighted by atomic mass is 10.0. The molecule has 0 unspecified atom stereocenters. The Morgan fingerprint density at radius 1 is 1.07 bits per heavy atom. The first-order chi connectivity index (χ1) is 14.0. The summed E-state index contributed by atoms with van der Waals surface area (Å²) in [7, 11) is 1.88. The molecule has 2 aromatic heterocycles. The number of benzene rings is 2. The lowest BCUT2D eigenvalue weighted by Crippen LogP contribution is -2.22. The normalized spacial score (nSPS) is 11.0. The molecular weight excluding hydrogens is 367 g/mol. The van der Waals surface area contributed by atoms with E-state index in [4.69, 9.17) is 0 Å². The molecule has 0 atom stereocenters. The highest BCUT2D eigenvalue weighted by molar-refractivity contribution is 5.84. The number of amides is 1. The van der Waals surface area contributed by atoms with E-state index in [-0.39, 0.29) is 12.4 Å². The summed E-state index contributed by atoms with van der Waals surface area (Å²) in [6.07, 6.45) is 4.27. The van der Waals surface area contributed by atoms with Crippen molar-refractivity contribution >= 4 is 17.3 Å². The molecule has 4 rings (SSSR count). The number of carbonyl (C=O) groups excluding carboxylic acids is 1. The summed E-state index contributed by atoms with van der Waals surface area (Å²) < 4.78 is 16.6. The van der Waals surface area contributed by atoms with E-state index in [1.54, 1.807) is 28.0 Å². The molecular formula is C23H21FN4O. The van der Waals surface area contributed by atoms with Crippen LogP contribution in [-0.2, 0) is 24.9 Å². The van der Waals surface area contributed by atoms with E-state index in [1.165, 1.54) is 6.07 Å². The van der Waals surface area contributed by atoms with Gasteiger partial charge in [-0.25, -0.2) is 4.39 Å². The van der Waals surface area contributed by atoms with Gasteiger partial charge < -0.3 is 4.90 Å². The first kappa shape index (κ1) is 18.8. The molecule has 146 valence electrons. The molecule has 29 heavy (non-hydrogen) atoms. The Bertz CT molecular complexity index is 1180. The average molecular weight is 388 g/mol. The summed E-state index contributed by atoms with van der Waals surface area (Å²) in [6.45, 7) is 2.49. The lowest BCUT2D eigenvalue weighted by molar-refractivity contribution is -0.119. The molecule has 0 aliphatic heterocycles. The van der Waals surface area contributed by atoms with Gasteiger partial charge in [0.1, 0.15) is 5.82 Å². The number of pyridine rings is 1. The van der Waals surface area contributed by atoms with Gasteiger partial charge >= 0.3 is 0 Å². The van der Waals surface area contributed by atoms with Gasteiger partial charge in [0.2, 0.25) is 6.41 Å². The van der Waals surface area contributed by atoms with E-state index < -0.39 is 0 Å². The topological polar surface area (TPSA) is 51.0 Å². The zero-order valence-corrected chi connectivity index (χ0v) is 16.3. The highest BCUT2D eigenvalue weighted by Gasteiger charge is 2.12. The maximum atomic E-state index is 14.8. The van der Waals surface area contributed by atoms with Gasteiger partial charge in [-0.2, -0.15) is 5.10 Å². The number of fused-ring (bicyclic) bond motifs is 1. The van der Waals surface area contributed by atoms with Crippen LogP contribution in [0, 0.1) is 12.7 Å². The van der Waals surface area contributed by atoms with Gasteiger partial charge in [-0.15, -0.1) is 0 Å². The Morgan fingerprint density at radius 2 is 1.83 bits per heavy atom. The zero-order chi connectivity index (χ0) is 20.4. The van der Waals surface area contributed by atoms with Gasteiger partial charge in [0.05, 0.1) is 11.7 Å². The third kappa shape index (κ3) is 3.87. The van der Waals surface area contributed by atoms with Gasteiger partial charge in [-0.3, -0.25) is 14.5 Å². The standard InChI is InChI=1S/C23H21FN4O/c1-16-20(4-3-9-25-16)13-28(15-29)14-21-8-6-17(10-22(21)24)18-5-7-19-12-26-27(2)23(19)11-18/h3-12,15H,13-14H2,1-2H3. The smallest absolute Gasteiger partial charge is 0.210 e. The van der Waals surface area contributed by atoms with Crippen LogP contribution in [0.4, 0.5) is 4.39 Å². The monoisotopic (exact) mass is 388 g/mol. The van der Waals surface area contributed by atoms with Crippen molar-refractivity contribution in [2.24, 2.45) is 7.05 Å². The Kier molecular flexibility index (Phi) is 5.08. The molecule has 1 amide bonds. The van der Waals surface area contributed by atoms with Crippen molar-refractivity contribution in [1.29, 1.82) is 0 Å². The number of nitrogens with zero attached hydrogens (tertiary/aromatic N) is 4. The van der Waals surface area contributed by atoms with Gasteiger partial charge in [0, 0.05) is 43.0 Å². The molecule has 2 heterocycles. The zero-order valence-electron chi connectivity index (χ0n) is 16.3. The Balaban J connectivity index is 1.56. The maximum absolute atomic E-state index is 14.8. The van der Waals surface area contributed by atoms with E-state index in [1.807, 2.05) is 50.4 Å². The molecule has 0 spiro atoms. The first-order valence-electron chi connectivity index (χ1n) is 9.35. The summed E-state index contributed by atoms with van der Waals surface area (Å²) in [4.78, 5) is 17.3. The van der Waals surface area contributed by atoms with Crippen LogP contribution in [0.15, 0.2) is 60.9 Å². The third-order valence-corrected chi connectivity index (χ3v) is 5.15. The van der Waals surface area contributed by atoms with Crippen LogP contribution in [0.1, 0.15) is 16.8 Å². The van der Waals surface area contributed by atoms with E-state index in [9.17, 15) is 9.18 Å². The minimum absolute atomic E-state index is 0.199. The summed E-state index contributed by atoms with van der Waals surface area (Å²) in [5, 5.41) is 5.29. The fraction of sp³-hybridized carbons (Fsp3) is 0.174. The van der Waals surface area contributed by atoms with Crippen LogP contribution < -0.4 is 0 Å². The van der Waals surface area contributed by atoms with Crippen molar-refractivity contribution in [3.05, 3.63) is 83.6 Å². The lowest BCUT2D eigenvalue weighted by Gasteiger charge is -2.19. The van der Waals surface area contributed by atoms with Crippen LogP contribution in [-0.4, -0.2) is 26.1 Å². The second-order valence-corrected chi connectivity index (χ2v) is 7.11. The van der Waals surface area contributed by atoms with E-state index >= 15 is 0 Å². The summed E-state index contributed by atoms with van der Waals surface area (Å²) >= 11 is 0. The molecule has 0 aliphatic rings. The number of halogens is 1. The van der Waals surface area contributed by atoms with Crippen molar-refractivity contribution < 1.29 is 9.18 Å². The molecule has 0 N–H and O–H groups in total. The largest absolute Gasteiger partial charge is 0.336 e. The number of aryl methyl sites for hydroxylation is 2. The number of carbonyl (C=O) groups is 1. The Labute approximate surface area is 168 Å². The average Bonchev–Trinajstić information content (AvgIpc) is 3.10. The fourth-order valence-corrected chi connectivity index (χ4v) is 3.43. The molecule has 0 fully saturated rings. The van der Waals surface area contributed by atoms with Crippen LogP contribution in [0.3, 0.4) is 0 Å². The molecule has 0 aliphatic carbocycles. The summed E-state index contributed by atoms with van der Waals surface area (Å²) in [6, 6.07) is 14.8. The third-order valence-electron chi connectivity index (χ3n) is 5.15.